The third kappa shape index (κ3) is 3.38. The van der Waals surface area contributed by atoms with E-state index in [2.05, 4.69) is 48.1 Å². The van der Waals surface area contributed by atoms with Gasteiger partial charge >= 0.3 is 0 Å². The van der Waals surface area contributed by atoms with E-state index in [4.69, 9.17) is 4.52 Å². The third-order valence-corrected chi connectivity index (χ3v) is 4.81. The molecule has 0 aromatic carbocycles. The van der Waals surface area contributed by atoms with Crippen LogP contribution in [-0.4, -0.2) is 46.3 Å². The predicted molar refractivity (Wildman–Crippen MR) is 79.5 cm³/mol. The quantitative estimate of drug-likeness (QED) is 0.865. The molecule has 1 fully saturated rings. The minimum atomic E-state index is 0.267. The molecule has 1 aliphatic heterocycles. The largest absolute Gasteiger partial charge is 0.343 e. The van der Waals surface area contributed by atoms with E-state index < -0.39 is 0 Å². The van der Waals surface area contributed by atoms with Crippen molar-refractivity contribution >= 4 is 0 Å². The second-order valence-corrected chi connectivity index (χ2v) is 6.25. The van der Waals surface area contributed by atoms with Gasteiger partial charge in [0.25, 0.3) is 0 Å². The number of piperazine rings is 1. The summed E-state index contributed by atoms with van der Waals surface area (Å²) in [4.78, 5) is 6.74. The molecule has 2 heterocycles. The van der Waals surface area contributed by atoms with Crippen molar-refractivity contribution in [3.05, 3.63) is 12.2 Å². The first kappa shape index (κ1) is 15.4. The maximum atomic E-state index is 4.82. The first-order valence-corrected chi connectivity index (χ1v) is 7.84. The summed E-state index contributed by atoms with van der Waals surface area (Å²) in [5.41, 5.74) is 0.267. The molecule has 1 unspecified atom stereocenters. The highest BCUT2D eigenvalue weighted by Crippen LogP contribution is 2.25. The highest BCUT2D eigenvalue weighted by molar-refractivity contribution is 4.98. The molecule has 1 aliphatic rings. The van der Waals surface area contributed by atoms with Crippen molar-refractivity contribution < 1.29 is 4.52 Å². The molecule has 5 nitrogen and oxygen atoms in total. The van der Waals surface area contributed by atoms with Crippen molar-refractivity contribution in [1.82, 2.24) is 20.4 Å². The second kappa shape index (κ2) is 6.68. The first-order chi connectivity index (χ1) is 9.60. The standard InChI is InChI=1S/C15H28N4O/c1-5-15(6-2)10-19(13(9-17-15)12(3)4)8-7-14-16-11-20-18-14/h11-13,17H,5-10H2,1-4H3. The van der Waals surface area contributed by atoms with Gasteiger partial charge in [-0.05, 0) is 18.8 Å². The van der Waals surface area contributed by atoms with E-state index >= 15 is 0 Å². The van der Waals surface area contributed by atoms with E-state index in [0.717, 1.165) is 31.9 Å². The van der Waals surface area contributed by atoms with Crippen LogP contribution in [0.1, 0.15) is 46.4 Å². The van der Waals surface area contributed by atoms with Crippen LogP contribution in [0, 0.1) is 5.92 Å². The molecular weight excluding hydrogens is 252 g/mol. The topological polar surface area (TPSA) is 54.2 Å². The zero-order chi connectivity index (χ0) is 14.6. The number of rotatable bonds is 6. The normalized spacial score (nSPS) is 23.4. The monoisotopic (exact) mass is 280 g/mol. The summed E-state index contributed by atoms with van der Waals surface area (Å²) in [6.45, 7) is 12.4. The molecule has 0 saturated carbocycles. The van der Waals surface area contributed by atoms with E-state index in [0.29, 0.717) is 12.0 Å². The Kier molecular flexibility index (Phi) is 5.16. The molecule has 5 heteroatoms. The minimum Gasteiger partial charge on any atom is -0.343 e. The number of aromatic nitrogens is 2. The van der Waals surface area contributed by atoms with Crippen molar-refractivity contribution in [1.29, 1.82) is 0 Å². The first-order valence-electron chi connectivity index (χ1n) is 7.84. The van der Waals surface area contributed by atoms with Gasteiger partial charge in [-0.2, -0.15) is 4.98 Å². The van der Waals surface area contributed by atoms with E-state index in [1.807, 2.05) is 0 Å². The van der Waals surface area contributed by atoms with Crippen molar-refractivity contribution in [3.8, 4) is 0 Å². The Morgan fingerprint density at radius 1 is 1.45 bits per heavy atom. The second-order valence-electron chi connectivity index (χ2n) is 6.25. The molecule has 1 atom stereocenters. The maximum Gasteiger partial charge on any atom is 0.213 e. The van der Waals surface area contributed by atoms with Crippen molar-refractivity contribution in [2.24, 2.45) is 5.92 Å². The van der Waals surface area contributed by atoms with Crippen LogP contribution >= 0.6 is 0 Å². The average Bonchev–Trinajstić information content (AvgIpc) is 2.97. The van der Waals surface area contributed by atoms with Crippen LogP contribution in [0.25, 0.3) is 0 Å². The fraction of sp³-hybridized carbons (Fsp3) is 0.867. The van der Waals surface area contributed by atoms with E-state index in [1.54, 1.807) is 0 Å². The molecule has 1 N–H and O–H groups in total. The molecule has 0 radical (unpaired) electrons. The summed E-state index contributed by atoms with van der Waals surface area (Å²) >= 11 is 0. The van der Waals surface area contributed by atoms with Gasteiger partial charge in [-0.25, -0.2) is 0 Å². The number of hydrogen-bond donors (Lipinski definition) is 1. The summed E-state index contributed by atoms with van der Waals surface area (Å²) in [5, 5.41) is 7.71. The Balaban J connectivity index is 2.02. The molecule has 2 rings (SSSR count). The summed E-state index contributed by atoms with van der Waals surface area (Å²) in [6.07, 6.45) is 4.62. The molecule has 0 aliphatic carbocycles. The summed E-state index contributed by atoms with van der Waals surface area (Å²) in [7, 11) is 0. The van der Waals surface area contributed by atoms with Gasteiger partial charge in [-0.1, -0.05) is 32.9 Å². The Hall–Kier alpha value is -0.940. The number of hydrogen-bond acceptors (Lipinski definition) is 5. The lowest BCUT2D eigenvalue weighted by molar-refractivity contribution is 0.0509. The third-order valence-electron chi connectivity index (χ3n) is 4.81. The molecule has 0 amide bonds. The lowest BCUT2D eigenvalue weighted by Crippen LogP contribution is -2.65. The Morgan fingerprint density at radius 3 is 2.75 bits per heavy atom. The summed E-state index contributed by atoms with van der Waals surface area (Å²) < 4.78 is 4.82. The highest BCUT2D eigenvalue weighted by Gasteiger charge is 2.37. The predicted octanol–water partition coefficient (Wildman–Crippen LogP) is 2.10. The van der Waals surface area contributed by atoms with E-state index in [9.17, 15) is 0 Å². The smallest absolute Gasteiger partial charge is 0.213 e. The van der Waals surface area contributed by atoms with Crippen LogP contribution in [-0.2, 0) is 6.42 Å². The molecule has 1 saturated heterocycles. The minimum absolute atomic E-state index is 0.267. The Morgan fingerprint density at radius 2 is 2.20 bits per heavy atom. The van der Waals surface area contributed by atoms with Gasteiger partial charge in [0, 0.05) is 37.6 Å². The zero-order valence-electron chi connectivity index (χ0n) is 13.2. The number of nitrogens with zero attached hydrogens (tertiary/aromatic N) is 3. The number of nitrogens with one attached hydrogen (secondary N) is 1. The van der Waals surface area contributed by atoms with Crippen LogP contribution in [0.4, 0.5) is 0 Å². The summed E-state index contributed by atoms with van der Waals surface area (Å²) in [6, 6.07) is 0.591. The van der Waals surface area contributed by atoms with Gasteiger partial charge in [0.1, 0.15) is 0 Å². The average molecular weight is 280 g/mol. The zero-order valence-corrected chi connectivity index (χ0v) is 13.2. The van der Waals surface area contributed by atoms with Crippen LogP contribution in [0.15, 0.2) is 10.9 Å². The van der Waals surface area contributed by atoms with Gasteiger partial charge in [0.2, 0.25) is 6.39 Å². The fourth-order valence-corrected chi connectivity index (χ4v) is 3.18. The van der Waals surface area contributed by atoms with Gasteiger partial charge in [-0.3, -0.25) is 4.90 Å². The molecule has 1 aromatic rings. The fourth-order valence-electron chi connectivity index (χ4n) is 3.18. The lowest BCUT2D eigenvalue weighted by atomic mass is 9.86. The molecule has 0 bridgehead atoms. The van der Waals surface area contributed by atoms with Crippen molar-refractivity contribution in [2.75, 3.05) is 19.6 Å². The van der Waals surface area contributed by atoms with Crippen molar-refractivity contribution in [3.63, 3.8) is 0 Å². The molecule has 1 aromatic heterocycles. The van der Waals surface area contributed by atoms with Crippen molar-refractivity contribution in [2.45, 2.75) is 58.5 Å². The Labute approximate surface area is 122 Å². The lowest BCUT2D eigenvalue weighted by Gasteiger charge is -2.49. The van der Waals surface area contributed by atoms with Gasteiger partial charge in [-0.15, -0.1) is 0 Å². The van der Waals surface area contributed by atoms with Crippen LogP contribution < -0.4 is 5.32 Å². The van der Waals surface area contributed by atoms with Crippen LogP contribution in [0.2, 0.25) is 0 Å². The van der Waals surface area contributed by atoms with E-state index in [-0.39, 0.29) is 5.54 Å². The summed E-state index contributed by atoms with van der Waals surface area (Å²) in [5.74, 6) is 1.46. The van der Waals surface area contributed by atoms with E-state index in [1.165, 1.54) is 19.2 Å². The maximum absolute atomic E-state index is 4.82. The van der Waals surface area contributed by atoms with Crippen LogP contribution in [0.5, 0.6) is 0 Å². The van der Waals surface area contributed by atoms with Crippen LogP contribution in [0.3, 0.4) is 0 Å². The molecule has 0 spiro atoms. The molecule has 114 valence electrons. The SMILES string of the molecule is CCC1(CC)CN(CCc2ncon2)C(C(C)C)CN1. The van der Waals surface area contributed by atoms with Gasteiger partial charge in [0.05, 0.1) is 0 Å². The van der Waals surface area contributed by atoms with Gasteiger partial charge in [0.15, 0.2) is 5.82 Å². The van der Waals surface area contributed by atoms with Gasteiger partial charge < -0.3 is 9.84 Å². The Bertz CT molecular complexity index is 387. The molecule has 20 heavy (non-hydrogen) atoms. The molecular formula is C15H28N4O. The highest BCUT2D eigenvalue weighted by atomic mass is 16.5.